The van der Waals surface area contributed by atoms with Gasteiger partial charge in [-0.1, -0.05) is 13.3 Å². The number of carbonyl (C=O) groups is 2. The van der Waals surface area contributed by atoms with Gasteiger partial charge in [-0.15, -0.1) is 0 Å². The Morgan fingerprint density at radius 1 is 1.44 bits per heavy atom. The third-order valence-electron chi connectivity index (χ3n) is 4.99. The van der Waals surface area contributed by atoms with Gasteiger partial charge in [-0.3, -0.25) is 9.59 Å². The molecule has 0 aromatic carbocycles. The van der Waals surface area contributed by atoms with Crippen molar-refractivity contribution in [3.8, 4) is 0 Å². The molecule has 0 radical (unpaired) electrons. The van der Waals surface area contributed by atoms with E-state index in [2.05, 4.69) is 10.3 Å². The number of nitrogens with one attached hydrogen (secondary N) is 1. The zero-order chi connectivity index (χ0) is 19.4. The molecule has 1 rings (SSSR count). The first-order chi connectivity index (χ1) is 11.6. The highest BCUT2D eigenvalue weighted by atomic mass is 16.5. The summed E-state index contributed by atoms with van der Waals surface area (Å²) >= 11 is 0. The fraction of sp³-hybridized carbons (Fsp3) is 0.812. The number of aliphatic hydroxyl groups excluding tert-OH is 1. The maximum absolute atomic E-state index is 11.8. The Morgan fingerprint density at radius 2 is 2.04 bits per heavy atom. The summed E-state index contributed by atoms with van der Waals surface area (Å²) in [6.45, 7) is 5.16. The van der Waals surface area contributed by atoms with E-state index in [1.54, 1.807) is 0 Å². The fourth-order valence-corrected chi connectivity index (χ4v) is 3.80. The lowest BCUT2D eigenvalue weighted by molar-refractivity contribution is -0.146. The standard InChI is InChI=1S/C16H30N4O5/c1-5-6-16(3,25-4)13(19-8(2)21)11-10(20-15(17)18)7-9(12(11)22)14(23)24/h9-13,22H,5-7H2,1-4H3,(H,19,21)(H,23,24)(H4,17,18,20)/t9-,10+,11-,12+,13+,16-/m0/s1. The Labute approximate surface area is 147 Å². The van der Waals surface area contributed by atoms with Gasteiger partial charge in [-0.2, -0.15) is 0 Å². The van der Waals surface area contributed by atoms with Crippen LogP contribution in [0.25, 0.3) is 0 Å². The number of rotatable bonds is 8. The molecule has 1 aliphatic carbocycles. The van der Waals surface area contributed by atoms with Crippen LogP contribution in [0, 0.1) is 11.8 Å². The van der Waals surface area contributed by atoms with E-state index < -0.39 is 41.6 Å². The van der Waals surface area contributed by atoms with Crippen molar-refractivity contribution in [2.75, 3.05) is 7.11 Å². The van der Waals surface area contributed by atoms with Crippen molar-refractivity contribution in [3.05, 3.63) is 0 Å². The Morgan fingerprint density at radius 3 is 2.44 bits per heavy atom. The van der Waals surface area contributed by atoms with Crippen molar-refractivity contribution >= 4 is 17.8 Å². The Kier molecular flexibility index (Phi) is 7.18. The molecule has 25 heavy (non-hydrogen) atoms. The number of amides is 1. The van der Waals surface area contributed by atoms with Crippen LogP contribution in [-0.4, -0.2) is 58.9 Å². The van der Waals surface area contributed by atoms with Crippen molar-refractivity contribution in [3.63, 3.8) is 0 Å². The summed E-state index contributed by atoms with van der Waals surface area (Å²) in [7, 11) is 1.52. The molecule has 6 atom stereocenters. The second kappa shape index (κ2) is 8.48. The zero-order valence-corrected chi connectivity index (χ0v) is 15.2. The summed E-state index contributed by atoms with van der Waals surface area (Å²) in [5, 5.41) is 22.9. The normalized spacial score (nSPS) is 29.5. The number of aliphatic hydroxyl groups is 1. The van der Waals surface area contributed by atoms with Crippen LogP contribution in [0.15, 0.2) is 4.99 Å². The summed E-state index contributed by atoms with van der Waals surface area (Å²) < 4.78 is 5.67. The molecule has 0 spiro atoms. The van der Waals surface area contributed by atoms with Gasteiger partial charge in [-0.05, 0) is 19.8 Å². The zero-order valence-electron chi connectivity index (χ0n) is 15.2. The number of carbonyl (C=O) groups excluding carboxylic acids is 1. The molecule has 0 unspecified atom stereocenters. The van der Waals surface area contributed by atoms with Crippen LogP contribution in [0.5, 0.6) is 0 Å². The number of nitrogens with two attached hydrogens (primary N) is 2. The minimum atomic E-state index is -1.21. The molecule has 9 nitrogen and oxygen atoms in total. The van der Waals surface area contributed by atoms with Gasteiger partial charge in [0.25, 0.3) is 0 Å². The number of aliphatic imine (C=N–C) groups is 1. The average molecular weight is 358 g/mol. The van der Waals surface area contributed by atoms with Gasteiger partial charge in [-0.25, -0.2) is 4.99 Å². The Bertz CT molecular complexity index is 523. The largest absolute Gasteiger partial charge is 0.481 e. The summed E-state index contributed by atoms with van der Waals surface area (Å²) in [5.74, 6) is -3.33. The molecule has 0 heterocycles. The number of carboxylic acids is 1. The summed E-state index contributed by atoms with van der Waals surface area (Å²) in [5.41, 5.74) is 10.2. The van der Waals surface area contributed by atoms with Crippen LogP contribution in [-0.2, 0) is 14.3 Å². The molecule has 0 aromatic heterocycles. The van der Waals surface area contributed by atoms with Crippen LogP contribution in [0.2, 0.25) is 0 Å². The molecule has 1 amide bonds. The van der Waals surface area contributed by atoms with E-state index in [0.717, 1.165) is 6.42 Å². The molecule has 9 heteroatoms. The minimum Gasteiger partial charge on any atom is -0.481 e. The number of aliphatic carboxylic acids is 1. The van der Waals surface area contributed by atoms with Crippen molar-refractivity contribution in [1.82, 2.24) is 5.32 Å². The number of ether oxygens (including phenoxy) is 1. The SMILES string of the molecule is CCC[C@](C)(OC)[C@H](NC(C)=O)[C@@H]1[C@H](O)[C@@H](C(=O)O)C[C@H]1N=C(N)N. The topological polar surface area (TPSA) is 160 Å². The first kappa shape index (κ1) is 21.2. The number of hydrogen-bond acceptors (Lipinski definition) is 5. The number of nitrogens with zero attached hydrogens (tertiary/aromatic N) is 1. The summed E-state index contributed by atoms with van der Waals surface area (Å²) in [6.07, 6.45) is 0.248. The third kappa shape index (κ3) is 4.82. The molecule has 1 saturated carbocycles. The Hall–Kier alpha value is -1.87. The van der Waals surface area contributed by atoms with E-state index in [1.165, 1.54) is 14.0 Å². The average Bonchev–Trinajstić information content (AvgIpc) is 2.80. The van der Waals surface area contributed by atoms with Gasteiger partial charge < -0.3 is 31.7 Å². The Balaban J connectivity index is 3.37. The first-order valence-electron chi connectivity index (χ1n) is 8.39. The highest BCUT2D eigenvalue weighted by molar-refractivity contribution is 5.77. The van der Waals surface area contributed by atoms with Gasteiger partial charge in [0.1, 0.15) is 0 Å². The number of guanidine groups is 1. The lowest BCUT2D eigenvalue weighted by Gasteiger charge is -2.42. The van der Waals surface area contributed by atoms with E-state index >= 15 is 0 Å². The van der Waals surface area contributed by atoms with Gasteiger partial charge in [0.15, 0.2) is 5.96 Å². The van der Waals surface area contributed by atoms with Crippen LogP contribution in [0.3, 0.4) is 0 Å². The predicted molar refractivity (Wildman–Crippen MR) is 92.8 cm³/mol. The van der Waals surface area contributed by atoms with Crippen LogP contribution in [0.4, 0.5) is 0 Å². The van der Waals surface area contributed by atoms with E-state index in [9.17, 15) is 19.8 Å². The summed E-state index contributed by atoms with van der Waals surface area (Å²) in [4.78, 5) is 27.4. The van der Waals surface area contributed by atoms with Crippen molar-refractivity contribution in [2.24, 2.45) is 28.3 Å². The van der Waals surface area contributed by atoms with Gasteiger partial charge in [0.05, 0.1) is 29.7 Å². The molecule has 0 bridgehead atoms. The van der Waals surface area contributed by atoms with E-state index in [0.29, 0.717) is 6.42 Å². The highest BCUT2D eigenvalue weighted by Crippen LogP contribution is 2.41. The maximum Gasteiger partial charge on any atom is 0.309 e. The van der Waals surface area contributed by atoms with Crippen LogP contribution < -0.4 is 16.8 Å². The second-order valence-corrected chi connectivity index (χ2v) is 6.81. The number of carboxylic acid groups (broad SMARTS) is 1. The maximum atomic E-state index is 11.8. The molecule has 0 aliphatic heterocycles. The molecule has 1 fully saturated rings. The van der Waals surface area contributed by atoms with E-state index in [-0.39, 0.29) is 18.3 Å². The van der Waals surface area contributed by atoms with Crippen LogP contribution >= 0.6 is 0 Å². The van der Waals surface area contributed by atoms with Crippen molar-refractivity contribution in [2.45, 2.75) is 63.8 Å². The molecule has 0 saturated heterocycles. The third-order valence-corrected chi connectivity index (χ3v) is 4.99. The lowest BCUT2D eigenvalue weighted by atomic mass is 9.78. The highest BCUT2D eigenvalue weighted by Gasteiger charge is 2.54. The molecule has 1 aliphatic rings. The fourth-order valence-electron chi connectivity index (χ4n) is 3.80. The van der Waals surface area contributed by atoms with Gasteiger partial charge in [0, 0.05) is 20.0 Å². The van der Waals surface area contributed by atoms with Gasteiger partial charge in [0.2, 0.25) is 5.91 Å². The van der Waals surface area contributed by atoms with Crippen molar-refractivity contribution < 1.29 is 24.5 Å². The molecule has 144 valence electrons. The van der Waals surface area contributed by atoms with E-state index in [4.69, 9.17) is 16.2 Å². The smallest absolute Gasteiger partial charge is 0.309 e. The number of hydrogen-bond donors (Lipinski definition) is 5. The second-order valence-electron chi connectivity index (χ2n) is 6.81. The van der Waals surface area contributed by atoms with Crippen LogP contribution in [0.1, 0.15) is 40.0 Å². The minimum absolute atomic E-state index is 0.0844. The van der Waals surface area contributed by atoms with Crippen molar-refractivity contribution in [1.29, 1.82) is 0 Å². The molecular formula is C16H30N4O5. The quantitative estimate of drug-likeness (QED) is 0.286. The monoisotopic (exact) mass is 358 g/mol. The van der Waals surface area contributed by atoms with Gasteiger partial charge >= 0.3 is 5.97 Å². The van der Waals surface area contributed by atoms with E-state index in [1.807, 2.05) is 13.8 Å². The summed E-state index contributed by atoms with van der Waals surface area (Å²) in [6, 6.07) is -1.29. The molecule has 0 aromatic rings. The lowest BCUT2D eigenvalue weighted by Crippen LogP contribution is -2.59. The number of methoxy groups -OCH3 is 1. The molecule has 7 N–H and O–H groups in total. The molecular weight excluding hydrogens is 328 g/mol. The first-order valence-corrected chi connectivity index (χ1v) is 8.39. The predicted octanol–water partition coefficient (Wildman–Crippen LogP) is -0.580.